The second kappa shape index (κ2) is 7.25. The third-order valence-corrected chi connectivity index (χ3v) is 6.32. The van der Waals surface area contributed by atoms with E-state index < -0.39 is 8.07 Å². The van der Waals surface area contributed by atoms with E-state index in [2.05, 4.69) is 60.3 Å². The number of fused-ring (bicyclic) bond motifs is 1. The van der Waals surface area contributed by atoms with Crippen LogP contribution in [0.2, 0.25) is 25.7 Å². The molecule has 4 nitrogen and oxygen atoms in total. The summed E-state index contributed by atoms with van der Waals surface area (Å²) in [5, 5.41) is 1.24. The molecule has 0 aromatic carbocycles. The minimum Gasteiger partial charge on any atom is -0.361 e. The van der Waals surface area contributed by atoms with Crippen molar-refractivity contribution < 1.29 is 4.74 Å². The summed E-state index contributed by atoms with van der Waals surface area (Å²) < 4.78 is 8.11. The number of rotatable bonds is 6. The van der Waals surface area contributed by atoms with Crippen LogP contribution in [0, 0.1) is 0 Å². The van der Waals surface area contributed by atoms with Gasteiger partial charge in [0.2, 0.25) is 0 Å². The molecule has 6 heteroatoms. The monoisotopic (exact) mass is 341 g/mol. The number of hydrogen-bond acceptors (Lipinski definition) is 3. The Morgan fingerprint density at radius 1 is 1.33 bits per heavy atom. The zero-order valence-corrected chi connectivity index (χ0v) is 16.4. The Hall–Kier alpha value is -1.37. The minimum atomic E-state index is -1.04. The molecule has 0 saturated carbocycles. The molecule has 0 radical (unpaired) electrons. The predicted molar refractivity (Wildman–Crippen MR) is 107 cm³/mol. The van der Waals surface area contributed by atoms with Crippen LogP contribution in [-0.4, -0.2) is 50.1 Å². The Kier molecular flexibility index (Phi) is 5.27. The summed E-state index contributed by atoms with van der Waals surface area (Å²) in [7, 11) is 1.13. The Labute approximate surface area is 146 Å². The van der Waals surface area contributed by atoms with Gasteiger partial charge in [-0.2, -0.15) is 0 Å². The molecule has 0 N–H and O–H groups in total. The van der Waals surface area contributed by atoms with Gasteiger partial charge in [-0.3, -0.25) is 0 Å². The van der Waals surface area contributed by atoms with Crippen LogP contribution in [0.4, 0.5) is 0 Å². The van der Waals surface area contributed by atoms with Gasteiger partial charge >= 0.3 is 0 Å². The van der Waals surface area contributed by atoms with Gasteiger partial charge in [0.1, 0.15) is 12.4 Å². The lowest BCUT2D eigenvalue weighted by atomic mass is 9.98. The average Bonchev–Trinajstić information content (AvgIpc) is 2.91. The van der Waals surface area contributed by atoms with Crippen LogP contribution in [0.15, 0.2) is 30.6 Å². The Morgan fingerprint density at radius 3 is 2.88 bits per heavy atom. The normalized spacial score (nSPS) is 16.5. The molecule has 0 aliphatic carbocycles. The summed E-state index contributed by atoms with van der Waals surface area (Å²) in [4.78, 5) is 6.94. The highest BCUT2D eigenvalue weighted by atomic mass is 28.3. The summed E-state index contributed by atoms with van der Waals surface area (Å²) in [6, 6.07) is 5.40. The maximum Gasteiger partial charge on any atom is 0.185 e. The van der Waals surface area contributed by atoms with Crippen LogP contribution in [0.1, 0.15) is 12.0 Å². The summed E-state index contributed by atoms with van der Waals surface area (Å²) in [5.41, 5.74) is 3.78. The van der Waals surface area contributed by atoms with Gasteiger partial charge in [0.05, 0.1) is 0 Å². The fourth-order valence-electron chi connectivity index (χ4n) is 3.03. The summed E-state index contributed by atoms with van der Waals surface area (Å²) in [6.07, 6.45) is 7.54. The molecule has 2 aromatic heterocycles. The number of aromatic nitrogens is 2. The highest BCUT2D eigenvalue weighted by molar-refractivity contribution is 6.76. The van der Waals surface area contributed by atoms with Gasteiger partial charge in [-0.1, -0.05) is 25.7 Å². The molecule has 2 aromatic rings. The van der Waals surface area contributed by atoms with Crippen molar-refractivity contribution >= 4 is 32.7 Å². The van der Waals surface area contributed by atoms with Crippen molar-refractivity contribution in [2.75, 3.05) is 19.7 Å². The first-order valence-corrected chi connectivity index (χ1v) is 12.5. The van der Waals surface area contributed by atoms with Crippen LogP contribution in [0.25, 0.3) is 16.6 Å². The lowest BCUT2D eigenvalue weighted by molar-refractivity contribution is 0.0898. The molecule has 0 amide bonds. The van der Waals surface area contributed by atoms with Crippen LogP contribution < -0.4 is 0 Å². The van der Waals surface area contributed by atoms with Gasteiger partial charge < -0.3 is 14.1 Å². The molecule has 1 aliphatic rings. The van der Waals surface area contributed by atoms with Crippen molar-refractivity contribution in [1.29, 1.82) is 0 Å². The van der Waals surface area contributed by atoms with E-state index in [0.29, 0.717) is 6.73 Å². The highest BCUT2D eigenvalue weighted by Gasteiger charge is 2.16. The number of ether oxygens (including phenoxy) is 1. The predicted octanol–water partition coefficient (Wildman–Crippen LogP) is 2.99. The lowest BCUT2D eigenvalue weighted by Crippen LogP contribution is -2.25. The average molecular weight is 341 g/mol. The van der Waals surface area contributed by atoms with Gasteiger partial charge in [0.25, 0.3) is 0 Å². The van der Waals surface area contributed by atoms with Crippen LogP contribution >= 0.6 is 0 Å². The summed E-state index contributed by atoms with van der Waals surface area (Å²) in [6.45, 7) is 10.7. The summed E-state index contributed by atoms with van der Waals surface area (Å²) in [5.74, 6) is 0. The maximum atomic E-state index is 5.95. The maximum absolute atomic E-state index is 5.95. The molecule has 0 fully saturated rings. The molecule has 128 valence electrons. The van der Waals surface area contributed by atoms with Crippen molar-refractivity contribution in [2.24, 2.45) is 0 Å². The van der Waals surface area contributed by atoms with Gasteiger partial charge in [-0.25, -0.2) is 4.98 Å². The van der Waals surface area contributed by atoms with E-state index in [0.717, 1.165) is 31.8 Å². The molecular formula is C18H28BN3OSi. The molecule has 1 aliphatic heterocycles. The van der Waals surface area contributed by atoms with E-state index in [1.807, 2.05) is 12.3 Å². The number of pyridine rings is 1. The highest BCUT2D eigenvalue weighted by Crippen LogP contribution is 2.29. The standard InChI is InChI=1S/C18H28BN3OSi/c1-24(2,3)12-11-23-14-21-13-17(15-6-9-22(19)10-7-15)16-5-4-8-20-18(16)21/h4-6,8,13H,7,9-12,14,19H2,1-3H3. The van der Waals surface area contributed by atoms with Crippen LogP contribution in [0.3, 0.4) is 0 Å². The first-order chi connectivity index (χ1) is 11.4. The molecule has 0 atom stereocenters. The quantitative estimate of drug-likeness (QED) is 0.598. The number of nitrogens with zero attached hydrogens (tertiary/aromatic N) is 3. The SMILES string of the molecule is BN1CC=C(c2cn(COCC[Si](C)(C)C)c3ncccc23)CC1. The molecule has 3 heterocycles. The molecule has 0 bridgehead atoms. The fourth-order valence-corrected chi connectivity index (χ4v) is 3.79. The zero-order valence-electron chi connectivity index (χ0n) is 15.4. The van der Waals surface area contributed by atoms with Crippen LogP contribution in [0.5, 0.6) is 0 Å². The second-order valence-corrected chi connectivity index (χ2v) is 13.6. The first-order valence-electron chi connectivity index (χ1n) is 8.83. The van der Waals surface area contributed by atoms with Crippen LogP contribution in [-0.2, 0) is 11.5 Å². The molecule has 0 unspecified atom stereocenters. The number of hydrogen-bond donors (Lipinski definition) is 0. The van der Waals surface area contributed by atoms with E-state index in [9.17, 15) is 0 Å². The van der Waals surface area contributed by atoms with Gasteiger partial charge in [0, 0.05) is 44.6 Å². The molecule has 3 rings (SSSR count). The fraction of sp³-hybridized carbons (Fsp3) is 0.500. The van der Waals surface area contributed by atoms with E-state index in [-0.39, 0.29) is 0 Å². The molecule has 0 spiro atoms. The third-order valence-electron chi connectivity index (χ3n) is 4.62. The van der Waals surface area contributed by atoms with Crippen molar-refractivity contribution in [3.63, 3.8) is 0 Å². The van der Waals surface area contributed by atoms with E-state index in [1.165, 1.54) is 22.6 Å². The van der Waals surface area contributed by atoms with Crippen molar-refractivity contribution in [3.8, 4) is 0 Å². The summed E-state index contributed by atoms with van der Waals surface area (Å²) >= 11 is 0. The smallest absolute Gasteiger partial charge is 0.185 e. The van der Waals surface area contributed by atoms with Crippen molar-refractivity contribution in [2.45, 2.75) is 38.8 Å². The zero-order chi connectivity index (χ0) is 17.2. The Balaban J connectivity index is 1.79. The van der Waals surface area contributed by atoms with Gasteiger partial charge in [0.15, 0.2) is 7.98 Å². The largest absolute Gasteiger partial charge is 0.361 e. The van der Waals surface area contributed by atoms with Crippen molar-refractivity contribution in [1.82, 2.24) is 14.4 Å². The molecular weight excluding hydrogens is 313 g/mol. The Morgan fingerprint density at radius 2 is 2.17 bits per heavy atom. The van der Waals surface area contributed by atoms with Gasteiger partial charge in [-0.15, -0.1) is 0 Å². The van der Waals surface area contributed by atoms with E-state index in [4.69, 9.17) is 4.74 Å². The molecule has 24 heavy (non-hydrogen) atoms. The Bertz CT molecular complexity index is 735. The minimum absolute atomic E-state index is 0.588. The lowest BCUT2D eigenvalue weighted by Gasteiger charge is -2.22. The van der Waals surface area contributed by atoms with E-state index in [1.54, 1.807) is 0 Å². The van der Waals surface area contributed by atoms with Crippen molar-refractivity contribution in [3.05, 3.63) is 36.2 Å². The molecule has 0 saturated heterocycles. The van der Waals surface area contributed by atoms with E-state index >= 15 is 0 Å². The third kappa shape index (κ3) is 4.18. The second-order valence-electron chi connectivity index (χ2n) is 7.98. The topological polar surface area (TPSA) is 30.3 Å². The first kappa shape index (κ1) is 17.5. The van der Waals surface area contributed by atoms with Gasteiger partial charge in [-0.05, 0) is 36.7 Å².